The molecule has 3 rings (SSSR count). The van der Waals surface area contributed by atoms with Gasteiger partial charge in [-0.2, -0.15) is 0 Å². The van der Waals surface area contributed by atoms with Gasteiger partial charge in [-0.1, -0.05) is 29.3 Å². The molecule has 2 aromatic rings. The second-order valence-corrected chi connectivity index (χ2v) is 7.18. The van der Waals surface area contributed by atoms with E-state index >= 15 is 0 Å². The van der Waals surface area contributed by atoms with Crippen molar-refractivity contribution in [2.75, 3.05) is 20.3 Å². The molecule has 7 heteroatoms. The molecule has 1 fully saturated rings. The van der Waals surface area contributed by atoms with E-state index in [9.17, 15) is 4.39 Å². The van der Waals surface area contributed by atoms with Crippen molar-refractivity contribution >= 4 is 23.2 Å². The summed E-state index contributed by atoms with van der Waals surface area (Å²) < 4.78 is 30.7. The molecule has 27 heavy (non-hydrogen) atoms. The third-order valence-corrected chi connectivity index (χ3v) is 5.07. The van der Waals surface area contributed by atoms with E-state index in [0.717, 1.165) is 31.6 Å². The summed E-state index contributed by atoms with van der Waals surface area (Å²) in [5.74, 6) is 0.429. The smallest absolute Gasteiger partial charge is 0.180 e. The van der Waals surface area contributed by atoms with E-state index in [1.165, 1.54) is 13.2 Å². The normalized spacial score (nSPS) is 16.5. The Kier molecular flexibility index (Phi) is 7.19. The van der Waals surface area contributed by atoms with Crippen molar-refractivity contribution in [2.24, 2.45) is 0 Å². The molecule has 1 aliphatic heterocycles. The molecule has 4 nitrogen and oxygen atoms in total. The molecular formula is C20H22Cl2FNO3. The number of methoxy groups -OCH3 is 1. The Morgan fingerprint density at radius 2 is 2.11 bits per heavy atom. The first-order valence-electron chi connectivity index (χ1n) is 8.83. The van der Waals surface area contributed by atoms with Gasteiger partial charge in [-0.25, -0.2) is 4.39 Å². The molecule has 1 saturated heterocycles. The fourth-order valence-electron chi connectivity index (χ4n) is 3.01. The van der Waals surface area contributed by atoms with Crippen LogP contribution in [0.25, 0.3) is 0 Å². The zero-order chi connectivity index (χ0) is 19.2. The Balaban J connectivity index is 1.66. The Labute approximate surface area is 168 Å². The molecule has 0 aromatic heterocycles. The summed E-state index contributed by atoms with van der Waals surface area (Å²) in [4.78, 5) is 0. The monoisotopic (exact) mass is 413 g/mol. The minimum Gasteiger partial charge on any atom is -0.493 e. The van der Waals surface area contributed by atoms with Crippen LogP contribution in [0.1, 0.15) is 24.0 Å². The Bertz CT molecular complexity index is 762. The van der Waals surface area contributed by atoms with E-state index in [-0.39, 0.29) is 18.3 Å². The zero-order valence-corrected chi connectivity index (χ0v) is 16.6. The second-order valence-electron chi connectivity index (χ2n) is 6.36. The van der Waals surface area contributed by atoms with E-state index in [1.807, 2.05) is 12.1 Å². The third-order valence-electron chi connectivity index (χ3n) is 4.44. The van der Waals surface area contributed by atoms with Gasteiger partial charge in [-0.15, -0.1) is 0 Å². The molecule has 0 amide bonds. The topological polar surface area (TPSA) is 39.7 Å². The van der Waals surface area contributed by atoms with Crippen LogP contribution in [-0.4, -0.2) is 26.4 Å². The number of benzene rings is 2. The van der Waals surface area contributed by atoms with Crippen LogP contribution < -0.4 is 14.8 Å². The van der Waals surface area contributed by atoms with Gasteiger partial charge in [0.15, 0.2) is 11.5 Å². The fraction of sp³-hybridized carbons (Fsp3) is 0.400. The Morgan fingerprint density at radius 1 is 1.26 bits per heavy atom. The summed E-state index contributed by atoms with van der Waals surface area (Å²) in [5.41, 5.74) is 1.24. The summed E-state index contributed by atoms with van der Waals surface area (Å²) in [6.07, 6.45) is 2.47. The third kappa shape index (κ3) is 5.26. The molecule has 0 aliphatic carbocycles. The molecule has 1 heterocycles. The molecule has 0 saturated carbocycles. The summed E-state index contributed by atoms with van der Waals surface area (Å²) in [5, 5.41) is 4.07. The molecule has 2 aromatic carbocycles. The SMILES string of the molecule is COc1cc(CNC[C@@H]2CCCO2)cc(Cl)c1OCc1c(F)cccc1Cl. The lowest BCUT2D eigenvalue weighted by molar-refractivity contribution is 0.110. The minimum atomic E-state index is -0.424. The van der Waals surface area contributed by atoms with Crippen molar-refractivity contribution in [1.82, 2.24) is 5.32 Å². The lowest BCUT2D eigenvalue weighted by Crippen LogP contribution is -2.25. The van der Waals surface area contributed by atoms with Crippen LogP contribution in [0.3, 0.4) is 0 Å². The highest BCUT2D eigenvalue weighted by Crippen LogP contribution is 2.37. The first-order chi connectivity index (χ1) is 13.1. The summed E-state index contributed by atoms with van der Waals surface area (Å²) >= 11 is 12.4. The summed E-state index contributed by atoms with van der Waals surface area (Å²) in [7, 11) is 1.54. The first-order valence-corrected chi connectivity index (χ1v) is 9.58. The number of halogens is 3. The maximum absolute atomic E-state index is 13.9. The molecule has 0 radical (unpaired) electrons. The largest absolute Gasteiger partial charge is 0.493 e. The van der Waals surface area contributed by atoms with Gasteiger partial charge in [0.1, 0.15) is 12.4 Å². The van der Waals surface area contributed by atoms with Crippen LogP contribution in [0.2, 0.25) is 10.0 Å². The quantitative estimate of drug-likeness (QED) is 0.661. The van der Waals surface area contributed by atoms with Crippen LogP contribution in [0.15, 0.2) is 30.3 Å². The van der Waals surface area contributed by atoms with Gasteiger partial charge in [0, 0.05) is 25.3 Å². The summed E-state index contributed by atoms with van der Waals surface area (Å²) in [6.45, 7) is 2.22. The number of rotatable bonds is 8. The highest BCUT2D eigenvalue weighted by Gasteiger charge is 2.17. The standard InChI is InChI=1S/C20H22Cl2FNO3/c1-25-19-9-13(10-24-11-14-4-3-7-26-14)8-17(22)20(19)27-12-15-16(21)5-2-6-18(15)23/h2,5-6,8-9,14,24H,3-4,7,10-12H2,1H3/t14-/m0/s1. The predicted octanol–water partition coefficient (Wildman–Crippen LogP) is 4.99. The van der Waals surface area contributed by atoms with Crippen LogP contribution in [0.4, 0.5) is 4.39 Å². The maximum Gasteiger partial charge on any atom is 0.180 e. The van der Waals surface area contributed by atoms with Gasteiger partial charge in [-0.05, 0) is 42.7 Å². The minimum absolute atomic E-state index is 0.0435. The van der Waals surface area contributed by atoms with Crippen molar-refractivity contribution in [1.29, 1.82) is 0 Å². The zero-order valence-electron chi connectivity index (χ0n) is 15.1. The molecule has 1 atom stereocenters. The van der Waals surface area contributed by atoms with Crippen molar-refractivity contribution in [3.05, 3.63) is 57.3 Å². The van der Waals surface area contributed by atoms with Crippen molar-refractivity contribution in [2.45, 2.75) is 32.1 Å². The fourth-order valence-corrected chi connectivity index (χ4v) is 3.52. The number of nitrogens with one attached hydrogen (secondary N) is 1. The van der Waals surface area contributed by atoms with Gasteiger partial charge < -0.3 is 19.5 Å². The van der Waals surface area contributed by atoms with Crippen molar-refractivity contribution < 1.29 is 18.6 Å². The Morgan fingerprint density at radius 3 is 2.81 bits per heavy atom. The van der Waals surface area contributed by atoms with E-state index in [0.29, 0.717) is 28.1 Å². The van der Waals surface area contributed by atoms with Crippen LogP contribution in [0.5, 0.6) is 11.5 Å². The van der Waals surface area contributed by atoms with Gasteiger partial charge in [-0.3, -0.25) is 0 Å². The van der Waals surface area contributed by atoms with Crippen molar-refractivity contribution in [3.63, 3.8) is 0 Å². The molecule has 0 unspecified atom stereocenters. The molecule has 0 spiro atoms. The lowest BCUT2D eigenvalue weighted by atomic mass is 10.2. The number of hydrogen-bond acceptors (Lipinski definition) is 4. The van der Waals surface area contributed by atoms with Gasteiger partial charge in [0.2, 0.25) is 0 Å². The maximum atomic E-state index is 13.9. The highest BCUT2D eigenvalue weighted by atomic mass is 35.5. The van der Waals surface area contributed by atoms with Crippen molar-refractivity contribution in [3.8, 4) is 11.5 Å². The summed E-state index contributed by atoms with van der Waals surface area (Å²) in [6, 6.07) is 8.17. The molecule has 146 valence electrons. The number of ether oxygens (including phenoxy) is 3. The van der Waals surface area contributed by atoms with Crippen LogP contribution in [0, 0.1) is 5.82 Å². The molecular weight excluding hydrogens is 392 g/mol. The van der Waals surface area contributed by atoms with Gasteiger partial charge >= 0.3 is 0 Å². The van der Waals surface area contributed by atoms with Gasteiger partial charge in [0.25, 0.3) is 0 Å². The van der Waals surface area contributed by atoms with E-state index in [4.69, 9.17) is 37.4 Å². The van der Waals surface area contributed by atoms with E-state index in [2.05, 4.69) is 5.32 Å². The lowest BCUT2D eigenvalue weighted by Gasteiger charge is -2.16. The molecule has 0 bridgehead atoms. The molecule has 1 N–H and O–H groups in total. The Hall–Kier alpha value is -1.53. The van der Waals surface area contributed by atoms with E-state index in [1.54, 1.807) is 12.1 Å². The second kappa shape index (κ2) is 9.60. The van der Waals surface area contributed by atoms with Crippen LogP contribution >= 0.6 is 23.2 Å². The average molecular weight is 414 g/mol. The van der Waals surface area contributed by atoms with E-state index < -0.39 is 5.82 Å². The average Bonchev–Trinajstić information content (AvgIpc) is 3.15. The first kappa shape index (κ1) is 20.2. The van der Waals surface area contributed by atoms with Gasteiger partial charge in [0.05, 0.1) is 23.3 Å². The predicted molar refractivity (Wildman–Crippen MR) is 104 cm³/mol. The number of hydrogen-bond donors (Lipinski definition) is 1. The van der Waals surface area contributed by atoms with Crippen LogP contribution in [-0.2, 0) is 17.9 Å². The molecule has 1 aliphatic rings. The highest BCUT2D eigenvalue weighted by molar-refractivity contribution is 6.32.